The third-order valence-corrected chi connectivity index (χ3v) is 1.79. The van der Waals surface area contributed by atoms with Gasteiger partial charge in [-0.3, -0.25) is 9.78 Å². The molecule has 1 rings (SSSR count). The standard InChI is InChI=1S/C12H15NO2/c1-3-5-12(14)10-7-11(9-13-8-10)15-6-4-2/h3,5,7-9H,4,6H2,1-2H3/b5-3+. The number of rotatable bonds is 5. The molecule has 0 bridgehead atoms. The molecule has 0 aliphatic heterocycles. The van der Waals surface area contributed by atoms with Crippen LogP contribution in [0.2, 0.25) is 0 Å². The summed E-state index contributed by atoms with van der Waals surface area (Å²) in [6.45, 7) is 4.48. The van der Waals surface area contributed by atoms with Crippen LogP contribution in [0.25, 0.3) is 0 Å². The number of aromatic nitrogens is 1. The van der Waals surface area contributed by atoms with Crippen LogP contribution >= 0.6 is 0 Å². The van der Waals surface area contributed by atoms with Gasteiger partial charge in [-0.25, -0.2) is 0 Å². The predicted molar refractivity (Wildman–Crippen MR) is 59.2 cm³/mol. The van der Waals surface area contributed by atoms with E-state index in [1.165, 1.54) is 6.08 Å². The molecule has 80 valence electrons. The summed E-state index contributed by atoms with van der Waals surface area (Å²) in [7, 11) is 0. The number of nitrogens with zero attached hydrogens (tertiary/aromatic N) is 1. The summed E-state index contributed by atoms with van der Waals surface area (Å²) >= 11 is 0. The highest BCUT2D eigenvalue weighted by Gasteiger charge is 2.03. The van der Waals surface area contributed by atoms with Gasteiger partial charge in [-0.2, -0.15) is 0 Å². The minimum Gasteiger partial charge on any atom is -0.492 e. The Morgan fingerprint density at radius 3 is 3.00 bits per heavy atom. The fourth-order valence-electron chi connectivity index (χ4n) is 1.10. The number of ketones is 1. The van der Waals surface area contributed by atoms with E-state index >= 15 is 0 Å². The second kappa shape index (κ2) is 5.96. The van der Waals surface area contributed by atoms with E-state index in [1.807, 2.05) is 13.8 Å². The molecular formula is C12H15NO2. The molecule has 1 aromatic heterocycles. The number of hydrogen-bond acceptors (Lipinski definition) is 3. The zero-order chi connectivity index (χ0) is 11.1. The van der Waals surface area contributed by atoms with Crippen LogP contribution in [0.5, 0.6) is 5.75 Å². The molecule has 0 saturated heterocycles. The van der Waals surface area contributed by atoms with E-state index in [0.717, 1.165) is 6.42 Å². The molecule has 0 saturated carbocycles. The Morgan fingerprint density at radius 1 is 1.53 bits per heavy atom. The number of ether oxygens (including phenoxy) is 1. The maximum absolute atomic E-state index is 11.5. The first-order valence-electron chi connectivity index (χ1n) is 5.02. The van der Waals surface area contributed by atoms with Gasteiger partial charge < -0.3 is 4.74 Å². The molecule has 3 heteroatoms. The van der Waals surface area contributed by atoms with E-state index in [4.69, 9.17) is 4.74 Å². The van der Waals surface area contributed by atoms with Gasteiger partial charge in [0.15, 0.2) is 5.78 Å². The van der Waals surface area contributed by atoms with Crippen LogP contribution in [0.3, 0.4) is 0 Å². The minimum atomic E-state index is -0.0491. The number of carbonyl (C=O) groups excluding carboxylic acids is 1. The maximum atomic E-state index is 11.5. The lowest BCUT2D eigenvalue weighted by Crippen LogP contribution is -1.99. The lowest BCUT2D eigenvalue weighted by Gasteiger charge is -2.04. The molecule has 1 aromatic rings. The summed E-state index contributed by atoms with van der Waals surface area (Å²) in [6, 6.07) is 1.71. The van der Waals surface area contributed by atoms with E-state index in [2.05, 4.69) is 4.98 Å². The van der Waals surface area contributed by atoms with Crippen LogP contribution in [-0.2, 0) is 0 Å². The lowest BCUT2D eigenvalue weighted by molar-refractivity contribution is 0.104. The second-order valence-corrected chi connectivity index (χ2v) is 3.12. The minimum absolute atomic E-state index is 0.0491. The largest absolute Gasteiger partial charge is 0.492 e. The van der Waals surface area contributed by atoms with Gasteiger partial charge in [0.2, 0.25) is 0 Å². The number of hydrogen-bond donors (Lipinski definition) is 0. The smallest absolute Gasteiger partial charge is 0.187 e. The lowest BCUT2D eigenvalue weighted by atomic mass is 10.2. The van der Waals surface area contributed by atoms with Crippen molar-refractivity contribution in [1.82, 2.24) is 4.98 Å². The normalized spacial score (nSPS) is 10.5. The van der Waals surface area contributed by atoms with E-state index in [9.17, 15) is 4.79 Å². The second-order valence-electron chi connectivity index (χ2n) is 3.12. The van der Waals surface area contributed by atoms with Gasteiger partial charge in [-0.1, -0.05) is 13.0 Å². The van der Waals surface area contributed by atoms with Crippen molar-refractivity contribution in [2.45, 2.75) is 20.3 Å². The van der Waals surface area contributed by atoms with Crippen molar-refractivity contribution >= 4 is 5.78 Å². The van der Waals surface area contributed by atoms with Crippen LogP contribution in [-0.4, -0.2) is 17.4 Å². The molecule has 0 unspecified atom stereocenters. The van der Waals surface area contributed by atoms with Gasteiger partial charge in [0.1, 0.15) is 5.75 Å². The number of carbonyl (C=O) groups is 1. The van der Waals surface area contributed by atoms with Crippen LogP contribution in [0.4, 0.5) is 0 Å². The highest BCUT2D eigenvalue weighted by atomic mass is 16.5. The maximum Gasteiger partial charge on any atom is 0.187 e. The fourth-order valence-corrected chi connectivity index (χ4v) is 1.10. The molecule has 3 nitrogen and oxygen atoms in total. The van der Waals surface area contributed by atoms with E-state index < -0.39 is 0 Å². The first kappa shape index (κ1) is 11.4. The summed E-state index contributed by atoms with van der Waals surface area (Å²) < 4.78 is 5.39. The summed E-state index contributed by atoms with van der Waals surface area (Å²) in [5, 5.41) is 0. The molecule has 0 fully saturated rings. The third-order valence-electron chi connectivity index (χ3n) is 1.79. The number of pyridine rings is 1. The monoisotopic (exact) mass is 205 g/mol. The third kappa shape index (κ3) is 3.54. The molecule has 0 aliphatic rings. The predicted octanol–water partition coefficient (Wildman–Crippen LogP) is 2.63. The Hall–Kier alpha value is -1.64. The highest BCUT2D eigenvalue weighted by Crippen LogP contribution is 2.12. The van der Waals surface area contributed by atoms with Gasteiger partial charge in [-0.05, 0) is 25.5 Å². The van der Waals surface area contributed by atoms with Crippen molar-refractivity contribution in [3.05, 3.63) is 36.2 Å². The average Bonchev–Trinajstić information content (AvgIpc) is 2.27. The van der Waals surface area contributed by atoms with Gasteiger partial charge in [0.25, 0.3) is 0 Å². The molecular weight excluding hydrogens is 190 g/mol. The first-order chi connectivity index (χ1) is 7.27. The van der Waals surface area contributed by atoms with Crippen molar-refractivity contribution < 1.29 is 9.53 Å². The van der Waals surface area contributed by atoms with Crippen molar-refractivity contribution in [3.63, 3.8) is 0 Å². The summed E-state index contributed by atoms with van der Waals surface area (Å²) in [5.74, 6) is 0.596. The van der Waals surface area contributed by atoms with Crippen LogP contribution in [0.15, 0.2) is 30.6 Å². The van der Waals surface area contributed by atoms with E-state index in [0.29, 0.717) is 17.9 Å². The zero-order valence-corrected chi connectivity index (χ0v) is 9.06. The van der Waals surface area contributed by atoms with Gasteiger partial charge in [-0.15, -0.1) is 0 Å². The van der Waals surface area contributed by atoms with Crippen molar-refractivity contribution in [1.29, 1.82) is 0 Å². The molecule has 0 atom stereocenters. The number of allylic oxidation sites excluding steroid dienone is 2. The molecule has 0 aliphatic carbocycles. The molecule has 1 heterocycles. The van der Waals surface area contributed by atoms with E-state index in [-0.39, 0.29) is 5.78 Å². The molecule has 0 amide bonds. The molecule has 0 aromatic carbocycles. The molecule has 0 radical (unpaired) electrons. The SMILES string of the molecule is C/C=C/C(=O)c1cncc(OCCC)c1. The van der Waals surface area contributed by atoms with Crippen LogP contribution < -0.4 is 4.74 Å². The van der Waals surface area contributed by atoms with Crippen molar-refractivity contribution in [2.75, 3.05) is 6.61 Å². The molecule has 0 N–H and O–H groups in total. The van der Waals surface area contributed by atoms with Crippen molar-refractivity contribution in [3.8, 4) is 5.75 Å². The van der Waals surface area contributed by atoms with Gasteiger partial charge in [0.05, 0.1) is 12.8 Å². The van der Waals surface area contributed by atoms with Gasteiger partial charge in [0, 0.05) is 11.8 Å². The Labute approximate surface area is 89.8 Å². The van der Waals surface area contributed by atoms with Crippen LogP contribution in [0.1, 0.15) is 30.6 Å². The average molecular weight is 205 g/mol. The molecule has 0 spiro atoms. The summed E-state index contributed by atoms with van der Waals surface area (Å²) in [6.07, 6.45) is 7.32. The quantitative estimate of drug-likeness (QED) is 0.548. The Morgan fingerprint density at radius 2 is 2.33 bits per heavy atom. The zero-order valence-electron chi connectivity index (χ0n) is 9.06. The summed E-state index contributed by atoms with van der Waals surface area (Å²) in [4.78, 5) is 15.4. The highest BCUT2D eigenvalue weighted by molar-refractivity contribution is 6.04. The summed E-state index contributed by atoms with van der Waals surface area (Å²) in [5.41, 5.74) is 0.557. The molecule has 15 heavy (non-hydrogen) atoms. The Balaban J connectivity index is 2.78. The van der Waals surface area contributed by atoms with Gasteiger partial charge >= 0.3 is 0 Å². The van der Waals surface area contributed by atoms with E-state index in [1.54, 1.807) is 24.5 Å². The van der Waals surface area contributed by atoms with Crippen LogP contribution in [0, 0.1) is 0 Å². The topological polar surface area (TPSA) is 39.2 Å². The Kier molecular flexibility index (Phi) is 4.54. The fraction of sp³-hybridized carbons (Fsp3) is 0.333. The first-order valence-corrected chi connectivity index (χ1v) is 5.02. The van der Waals surface area contributed by atoms with Crippen molar-refractivity contribution in [2.24, 2.45) is 0 Å². The Bertz CT molecular complexity index is 358.